The van der Waals surface area contributed by atoms with Crippen LogP contribution in [0.4, 0.5) is 10.1 Å². The minimum Gasteiger partial charge on any atom is -0.396 e. The van der Waals surface area contributed by atoms with Crippen LogP contribution in [0.5, 0.6) is 0 Å². The molecule has 1 atom stereocenters. The van der Waals surface area contributed by atoms with Crippen LogP contribution in [0.2, 0.25) is 5.02 Å². The number of sulfonamides is 1. The number of nitrogens with one attached hydrogen (secondary N) is 1. The summed E-state index contributed by atoms with van der Waals surface area (Å²) in [5, 5.41) is 0.0921. The molecule has 1 aromatic rings. The zero-order valence-electron chi connectivity index (χ0n) is 10.5. The molecular weight excluding hydrogens is 291 g/mol. The second-order valence-corrected chi connectivity index (χ2v) is 7.15. The molecule has 0 aromatic heterocycles. The van der Waals surface area contributed by atoms with Crippen LogP contribution in [0, 0.1) is 17.7 Å². The van der Waals surface area contributed by atoms with Crippen LogP contribution in [0.3, 0.4) is 0 Å². The fourth-order valence-electron chi connectivity index (χ4n) is 1.93. The van der Waals surface area contributed by atoms with Crippen molar-refractivity contribution in [2.75, 3.05) is 12.3 Å². The maximum atomic E-state index is 13.8. The zero-order chi connectivity index (χ0) is 14.2. The Bertz CT molecular complexity index is 588. The number of nitrogens with two attached hydrogens (primary N) is 1. The van der Waals surface area contributed by atoms with E-state index in [1.165, 1.54) is 6.07 Å². The van der Waals surface area contributed by atoms with E-state index in [9.17, 15) is 12.8 Å². The lowest BCUT2D eigenvalue weighted by Crippen LogP contribution is -2.30. The molecule has 2 rings (SSSR count). The third kappa shape index (κ3) is 3.38. The molecule has 1 fully saturated rings. The predicted molar refractivity (Wildman–Crippen MR) is 72.9 cm³/mol. The summed E-state index contributed by atoms with van der Waals surface area (Å²) < 4.78 is 40.3. The van der Waals surface area contributed by atoms with Crippen LogP contribution in [-0.4, -0.2) is 15.0 Å². The van der Waals surface area contributed by atoms with Crippen molar-refractivity contribution in [3.8, 4) is 0 Å². The van der Waals surface area contributed by atoms with Crippen LogP contribution in [0.25, 0.3) is 0 Å². The van der Waals surface area contributed by atoms with Gasteiger partial charge in [-0.1, -0.05) is 18.5 Å². The van der Waals surface area contributed by atoms with E-state index in [1.807, 2.05) is 6.92 Å². The van der Waals surface area contributed by atoms with E-state index in [0.717, 1.165) is 18.9 Å². The number of halogens is 2. The van der Waals surface area contributed by atoms with Gasteiger partial charge in [-0.15, -0.1) is 0 Å². The zero-order valence-corrected chi connectivity index (χ0v) is 12.1. The van der Waals surface area contributed by atoms with Gasteiger partial charge in [-0.25, -0.2) is 17.5 Å². The first kappa shape index (κ1) is 14.6. The van der Waals surface area contributed by atoms with Gasteiger partial charge < -0.3 is 5.73 Å². The molecule has 0 radical (unpaired) electrons. The largest absolute Gasteiger partial charge is 0.396 e. The second-order valence-electron chi connectivity index (χ2n) is 4.97. The summed E-state index contributed by atoms with van der Waals surface area (Å²) in [5.41, 5.74) is 5.11. The number of hydrogen-bond donors (Lipinski definition) is 2. The molecule has 0 bridgehead atoms. The van der Waals surface area contributed by atoms with Gasteiger partial charge in [-0.3, -0.25) is 0 Å². The number of hydrogen-bond acceptors (Lipinski definition) is 3. The summed E-state index contributed by atoms with van der Waals surface area (Å²) in [6.45, 7) is 2.27. The molecule has 1 unspecified atom stereocenters. The Hall–Kier alpha value is -0.850. The lowest BCUT2D eigenvalue weighted by atomic mass is 10.1. The van der Waals surface area contributed by atoms with E-state index in [1.54, 1.807) is 0 Å². The summed E-state index contributed by atoms with van der Waals surface area (Å²) in [6.07, 6.45) is 2.25. The second kappa shape index (κ2) is 5.26. The number of nitrogen functional groups attached to an aromatic ring is 1. The smallest absolute Gasteiger partial charge is 0.243 e. The molecule has 7 heteroatoms. The molecule has 0 heterocycles. The van der Waals surface area contributed by atoms with Gasteiger partial charge in [0.25, 0.3) is 0 Å². The van der Waals surface area contributed by atoms with Gasteiger partial charge in [-0.05, 0) is 36.8 Å². The van der Waals surface area contributed by atoms with Crippen LogP contribution in [-0.2, 0) is 10.0 Å². The molecule has 3 N–H and O–H groups in total. The van der Waals surface area contributed by atoms with Gasteiger partial charge in [0.15, 0.2) is 5.82 Å². The third-order valence-corrected chi connectivity index (χ3v) is 4.98. The highest BCUT2D eigenvalue weighted by atomic mass is 35.5. The van der Waals surface area contributed by atoms with Gasteiger partial charge >= 0.3 is 0 Å². The SMILES string of the molecule is CC(CNS(=O)(=O)c1cc(Cl)cc(N)c1F)C1CC1. The van der Waals surface area contributed by atoms with Crippen molar-refractivity contribution in [3.63, 3.8) is 0 Å². The Morgan fingerprint density at radius 1 is 1.53 bits per heavy atom. The Kier molecular flexibility index (Phi) is 4.03. The van der Waals surface area contributed by atoms with Gasteiger partial charge in [0.2, 0.25) is 10.0 Å². The first-order chi connectivity index (χ1) is 8.81. The standard InChI is InChI=1S/C12H16ClFN2O2S/c1-7(8-2-3-8)6-16-19(17,18)11-5-9(13)4-10(15)12(11)14/h4-5,7-8,16H,2-3,6,15H2,1H3. The van der Waals surface area contributed by atoms with Crippen molar-refractivity contribution in [1.82, 2.24) is 4.72 Å². The van der Waals surface area contributed by atoms with Crippen molar-refractivity contribution >= 4 is 27.3 Å². The summed E-state index contributed by atoms with van der Waals surface area (Å²) in [4.78, 5) is -0.500. The third-order valence-electron chi connectivity index (χ3n) is 3.34. The monoisotopic (exact) mass is 306 g/mol. The van der Waals surface area contributed by atoms with Crippen molar-refractivity contribution < 1.29 is 12.8 Å². The molecule has 4 nitrogen and oxygen atoms in total. The van der Waals surface area contributed by atoms with E-state index in [4.69, 9.17) is 17.3 Å². The van der Waals surface area contributed by atoms with Crippen molar-refractivity contribution in [1.29, 1.82) is 0 Å². The highest BCUT2D eigenvalue weighted by Gasteiger charge is 2.29. The fraction of sp³-hybridized carbons (Fsp3) is 0.500. The minimum absolute atomic E-state index is 0.0921. The van der Waals surface area contributed by atoms with E-state index < -0.39 is 20.7 Å². The quantitative estimate of drug-likeness (QED) is 0.820. The van der Waals surface area contributed by atoms with Gasteiger partial charge in [0, 0.05) is 11.6 Å². The molecule has 19 heavy (non-hydrogen) atoms. The Morgan fingerprint density at radius 3 is 2.74 bits per heavy atom. The minimum atomic E-state index is -3.93. The van der Waals surface area contributed by atoms with Crippen LogP contribution >= 0.6 is 11.6 Å². The molecule has 0 aliphatic heterocycles. The molecule has 1 aliphatic carbocycles. The molecule has 0 saturated heterocycles. The average Bonchev–Trinajstić information content (AvgIpc) is 3.14. The van der Waals surface area contributed by atoms with Crippen LogP contribution < -0.4 is 10.5 Å². The number of benzene rings is 1. The molecule has 106 valence electrons. The van der Waals surface area contributed by atoms with Crippen molar-refractivity contribution in [3.05, 3.63) is 23.0 Å². The highest BCUT2D eigenvalue weighted by Crippen LogP contribution is 2.36. The van der Waals surface area contributed by atoms with E-state index in [2.05, 4.69) is 4.72 Å². The summed E-state index contributed by atoms with van der Waals surface area (Å²) >= 11 is 5.71. The topological polar surface area (TPSA) is 72.2 Å². The Balaban J connectivity index is 2.19. The summed E-state index contributed by atoms with van der Waals surface area (Å²) in [7, 11) is -3.93. The number of rotatable bonds is 5. The van der Waals surface area contributed by atoms with Crippen molar-refractivity contribution in [2.45, 2.75) is 24.7 Å². The molecule has 0 spiro atoms. The molecule has 0 amide bonds. The average molecular weight is 307 g/mol. The summed E-state index contributed by atoms with van der Waals surface area (Å²) in [6, 6.07) is 2.25. The molecule has 1 saturated carbocycles. The first-order valence-electron chi connectivity index (χ1n) is 6.05. The van der Waals surface area contributed by atoms with Gasteiger partial charge in [0.05, 0.1) is 5.69 Å². The van der Waals surface area contributed by atoms with Crippen LogP contribution in [0.15, 0.2) is 17.0 Å². The lowest BCUT2D eigenvalue weighted by Gasteiger charge is -2.13. The molecule has 1 aliphatic rings. The maximum absolute atomic E-state index is 13.8. The molecular formula is C12H16ClFN2O2S. The van der Waals surface area contributed by atoms with Gasteiger partial charge in [0.1, 0.15) is 4.90 Å². The maximum Gasteiger partial charge on any atom is 0.243 e. The first-order valence-corrected chi connectivity index (χ1v) is 7.91. The van der Waals surface area contributed by atoms with Crippen LogP contribution in [0.1, 0.15) is 19.8 Å². The molecule has 1 aromatic carbocycles. The normalized spacial score (nSPS) is 17.4. The lowest BCUT2D eigenvalue weighted by molar-refractivity contribution is 0.489. The highest BCUT2D eigenvalue weighted by molar-refractivity contribution is 7.89. The predicted octanol–water partition coefficient (Wildman–Crippen LogP) is 2.39. The van der Waals surface area contributed by atoms with Gasteiger partial charge in [-0.2, -0.15) is 0 Å². The Morgan fingerprint density at radius 2 is 2.16 bits per heavy atom. The Labute approximate surface area is 117 Å². The van der Waals surface area contributed by atoms with E-state index in [0.29, 0.717) is 12.5 Å². The number of anilines is 1. The van der Waals surface area contributed by atoms with Crippen molar-refractivity contribution in [2.24, 2.45) is 11.8 Å². The fourth-order valence-corrected chi connectivity index (χ4v) is 3.50. The summed E-state index contributed by atoms with van der Waals surface area (Å²) in [5.74, 6) is -0.151. The van der Waals surface area contributed by atoms with E-state index in [-0.39, 0.29) is 16.6 Å². The van der Waals surface area contributed by atoms with E-state index >= 15 is 0 Å².